The minimum absolute atomic E-state index is 0.815. The number of aromatic amines is 1. The van der Waals surface area contributed by atoms with Crippen molar-refractivity contribution in [2.24, 2.45) is 0 Å². The molecule has 0 aromatic carbocycles. The molecule has 0 aliphatic rings. The van der Waals surface area contributed by atoms with Crippen molar-refractivity contribution in [1.29, 1.82) is 0 Å². The largest absolute Gasteiger partial charge is 0.328 e. The van der Waals surface area contributed by atoms with Crippen LogP contribution in [0.2, 0.25) is 0 Å². The van der Waals surface area contributed by atoms with Crippen LogP contribution in [-0.4, -0.2) is 15.2 Å². The normalized spacial score (nSPS) is 9.11. The maximum atomic E-state index is 3.77. The summed E-state index contributed by atoms with van der Waals surface area (Å²) >= 11 is 0. The molecule has 0 saturated carbocycles. The Kier molecular flexibility index (Phi) is 1.63. The molecule has 0 atom stereocenters. The first-order chi connectivity index (χ1) is 4.29. The monoisotopic (exact) mass is 123 g/mol. The van der Waals surface area contributed by atoms with E-state index in [2.05, 4.69) is 15.2 Å². The van der Waals surface area contributed by atoms with Crippen LogP contribution < -0.4 is 0 Å². The highest BCUT2D eigenvalue weighted by Gasteiger charge is 1.86. The Balaban J connectivity index is 2.80. The van der Waals surface area contributed by atoms with Crippen LogP contribution in [0.4, 0.5) is 0 Å². The zero-order valence-corrected chi connectivity index (χ0v) is 5.55. The van der Waals surface area contributed by atoms with Gasteiger partial charge in [0.15, 0.2) is 5.82 Å². The lowest BCUT2D eigenvalue weighted by molar-refractivity contribution is 1.08. The molecule has 1 rings (SSSR count). The Morgan fingerprint density at radius 1 is 1.67 bits per heavy atom. The van der Waals surface area contributed by atoms with Crippen molar-refractivity contribution >= 4 is 6.08 Å². The van der Waals surface area contributed by atoms with Gasteiger partial charge in [-0.2, -0.15) is 0 Å². The molecular formula is C6H9N3. The first-order valence-corrected chi connectivity index (χ1v) is 2.80. The molecule has 0 spiro atoms. The summed E-state index contributed by atoms with van der Waals surface area (Å²) in [7, 11) is 0. The molecule has 1 N–H and O–H groups in total. The number of rotatable bonds is 1. The fraction of sp³-hybridized carbons (Fsp3) is 0.333. The summed E-state index contributed by atoms with van der Waals surface area (Å²) in [6.45, 7) is 4.03. The summed E-state index contributed by atoms with van der Waals surface area (Å²) in [5.41, 5.74) is 1.21. The zero-order chi connectivity index (χ0) is 6.69. The Hall–Kier alpha value is -1.12. The van der Waals surface area contributed by atoms with E-state index in [1.54, 1.807) is 6.33 Å². The second kappa shape index (κ2) is 2.44. The Morgan fingerprint density at radius 3 is 2.89 bits per heavy atom. The summed E-state index contributed by atoms with van der Waals surface area (Å²) in [6, 6.07) is 0. The number of H-pyrrole nitrogens is 1. The number of allylic oxidation sites excluding steroid dienone is 1. The first-order valence-electron chi connectivity index (χ1n) is 2.80. The van der Waals surface area contributed by atoms with Crippen LogP contribution in [0.1, 0.15) is 19.7 Å². The van der Waals surface area contributed by atoms with Gasteiger partial charge in [0.05, 0.1) is 0 Å². The van der Waals surface area contributed by atoms with Crippen molar-refractivity contribution in [3.63, 3.8) is 0 Å². The van der Waals surface area contributed by atoms with Crippen molar-refractivity contribution < 1.29 is 0 Å². The third-order valence-corrected chi connectivity index (χ3v) is 0.861. The van der Waals surface area contributed by atoms with Gasteiger partial charge in [0, 0.05) is 0 Å². The molecule has 1 aromatic heterocycles. The minimum Gasteiger partial charge on any atom is -0.328 e. The van der Waals surface area contributed by atoms with E-state index in [0.717, 1.165) is 5.82 Å². The number of nitrogens with one attached hydrogen (secondary N) is 1. The first kappa shape index (κ1) is 6.01. The van der Waals surface area contributed by atoms with Gasteiger partial charge in [0.25, 0.3) is 0 Å². The van der Waals surface area contributed by atoms with Crippen molar-refractivity contribution in [3.8, 4) is 0 Å². The predicted molar refractivity (Wildman–Crippen MR) is 35.7 cm³/mol. The van der Waals surface area contributed by atoms with Crippen LogP contribution in [0.25, 0.3) is 6.08 Å². The third kappa shape index (κ3) is 1.68. The van der Waals surface area contributed by atoms with E-state index in [1.165, 1.54) is 5.57 Å². The Labute approximate surface area is 53.8 Å². The van der Waals surface area contributed by atoms with E-state index in [4.69, 9.17) is 0 Å². The van der Waals surface area contributed by atoms with Gasteiger partial charge in [-0.15, -0.1) is 10.2 Å². The van der Waals surface area contributed by atoms with Crippen LogP contribution in [0.3, 0.4) is 0 Å². The second-order valence-corrected chi connectivity index (χ2v) is 2.10. The fourth-order valence-corrected chi connectivity index (χ4v) is 0.559. The highest BCUT2D eigenvalue weighted by atomic mass is 15.2. The molecule has 0 bridgehead atoms. The average molecular weight is 123 g/mol. The van der Waals surface area contributed by atoms with Gasteiger partial charge in [-0.05, 0) is 19.9 Å². The molecule has 0 aliphatic carbocycles. The summed E-state index contributed by atoms with van der Waals surface area (Å²) in [5, 5.41) is 7.40. The molecule has 9 heavy (non-hydrogen) atoms. The number of hydrogen-bond acceptors (Lipinski definition) is 2. The van der Waals surface area contributed by atoms with Crippen LogP contribution >= 0.6 is 0 Å². The van der Waals surface area contributed by atoms with Gasteiger partial charge in [0.2, 0.25) is 0 Å². The lowest BCUT2D eigenvalue weighted by atomic mass is 10.3. The molecule has 3 nitrogen and oxygen atoms in total. The topological polar surface area (TPSA) is 41.6 Å². The van der Waals surface area contributed by atoms with E-state index >= 15 is 0 Å². The van der Waals surface area contributed by atoms with Crippen LogP contribution in [0, 0.1) is 0 Å². The van der Waals surface area contributed by atoms with Crippen LogP contribution in [0.15, 0.2) is 11.9 Å². The third-order valence-electron chi connectivity index (χ3n) is 0.861. The van der Waals surface area contributed by atoms with Crippen molar-refractivity contribution in [2.45, 2.75) is 13.8 Å². The van der Waals surface area contributed by atoms with E-state index in [0.29, 0.717) is 0 Å². The van der Waals surface area contributed by atoms with Gasteiger partial charge in [0.1, 0.15) is 6.33 Å². The van der Waals surface area contributed by atoms with Crippen molar-refractivity contribution in [2.75, 3.05) is 0 Å². The molecule has 0 unspecified atom stereocenters. The molecule has 0 saturated heterocycles. The predicted octanol–water partition coefficient (Wildman–Crippen LogP) is 1.23. The molecule has 48 valence electrons. The number of hydrogen-bond donors (Lipinski definition) is 1. The maximum Gasteiger partial charge on any atom is 0.153 e. The summed E-state index contributed by atoms with van der Waals surface area (Å²) in [5.74, 6) is 0.815. The lowest BCUT2D eigenvalue weighted by Gasteiger charge is -1.83. The van der Waals surface area contributed by atoms with E-state index in [-0.39, 0.29) is 0 Å². The van der Waals surface area contributed by atoms with Crippen LogP contribution in [0.5, 0.6) is 0 Å². The lowest BCUT2D eigenvalue weighted by Crippen LogP contribution is -1.74. The standard InChI is InChI=1S/C6H9N3/c1-5(2)3-6-7-4-8-9-6/h3-4H,1-2H3,(H,7,8,9). The second-order valence-electron chi connectivity index (χ2n) is 2.10. The van der Waals surface area contributed by atoms with Gasteiger partial charge < -0.3 is 4.98 Å². The molecule has 0 amide bonds. The van der Waals surface area contributed by atoms with Crippen molar-refractivity contribution in [3.05, 3.63) is 17.7 Å². The molecule has 0 radical (unpaired) electrons. The number of nitrogens with zero attached hydrogens (tertiary/aromatic N) is 2. The molecule has 0 aliphatic heterocycles. The molecule has 3 heteroatoms. The van der Waals surface area contributed by atoms with Gasteiger partial charge in [-0.3, -0.25) is 0 Å². The average Bonchev–Trinajstić information content (AvgIpc) is 2.15. The Bertz CT molecular complexity index is 194. The summed E-state index contributed by atoms with van der Waals surface area (Å²) in [6.07, 6.45) is 3.50. The van der Waals surface area contributed by atoms with E-state index < -0.39 is 0 Å². The minimum atomic E-state index is 0.815. The smallest absolute Gasteiger partial charge is 0.153 e. The van der Waals surface area contributed by atoms with Gasteiger partial charge in [-0.25, -0.2) is 0 Å². The Morgan fingerprint density at radius 2 is 2.44 bits per heavy atom. The molecule has 1 heterocycles. The summed E-state index contributed by atoms with van der Waals surface area (Å²) < 4.78 is 0. The highest BCUT2D eigenvalue weighted by Crippen LogP contribution is 1.96. The SMILES string of the molecule is CC(C)=Cc1nnc[nH]1. The highest BCUT2D eigenvalue weighted by molar-refractivity contribution is 5.42. The quantitative estimate of drug-likeness (QED) is 0.610. The molecule has 0 fully saturated rings. The zero-order valence-electron chi connectivity index (χ0n) is 5.55. The van der Waals surface area contributed by atoms with E-state index in [1.807, 2.05) is 19.9 Å². The van der Waals surface area contributed by atoms with Crippen LogP contribution in [-0.2, 0) is 0 Å². The molecule has 1 aromatic rings. The molecular weight excluding hydrogens is 114 g/mol. The van der Waals surface area contributed by atoms with Gasteiger partial charge in [-0.1, -0.05) is 5.57 Å². The summed E-state index contributed by atoms with van der Waals surface area (Å²) in [4.78, 5) is 2.87. The van der Waals surface area contributed by atoms with E-state index in [9.17, 15) is 0 Å². The maximum absolute atomic E-state index is 3.77. The fourth-order valence-electron chi connectivity index (χ4n) is 0.559. The van der Waals surface area contributed by atoms with Gasteiger partial charge >= 0.3 is 0 Å². The number of aromatic nitrogens is 3. The van der Waals surface area contributed by atoms with Crippen molar-refractivity contribution in [1.82, 2.24) is 15.2 Å².